The van der Waals surface area contributed by atoms with E-state index in [1.165, 1.54) is 11.5 Å². The van der Waals surface area contributed by atoms with Crippen LogP contribution in [-0.2, 0) is 13.5 Å². The molecule has 0 aliphatic carbocycles. The Bertz CT molecular complexity index is 380. The van der Waals surface area contributed by atoms with Crippen LogP contribution in [0.2, 0.25) is 0 Å². The highest BCUT2D eigenvalue weighted by atomic mass is 32.1. The molecule has 0 aliphatic heterocycles. The van der Waals surface area contributed by atoms with E-state index in [4.69, 9.17) is 0 Å². The van der Waals surface area contributed by atoms with E-state index >= 15 is 0 Å². The largest absolute Gasteiger partial charge is 0.360 e. The first-order valence-electron chi connectivity index (χ1n) is 4.33. The minimum absolute atomic E-state index is 0.833. The minimum Gasteiger partial charge on any atom is -0.360 e. The lowest BCUT2D eigenvalue weighted by atomic mass is 10.4. The van der Waals surface area contributed by atoms with Crippen molar-refractivity contribution in [3.63, 3.8) is 0 Å². The van der Waals surface area contributed by atoms with E-state index in [-0.39, 0.29) is 0 Å². The molecule has 0 radical (unpaired) electrons. The molecule has 0 bridgehead atoms. The Morgan fingerprint density at radius 3 is 3.07 bits per heavy atom. The van der Waals surface area contributed by atoms with Crippen LogP contribution in [0.4, 0.5) is 5.13 Å². The van der Waals surface area contributed by atoms with Gasteiger partial charge in [-0.1, -0.05) is 0 Å². The van der Waals surface area contributed by atoms with Crippen LogP contribution in [0.15, 0.2) is 18.7 Å². The molecule has 74 valence electrons. The van der Waals surface area contributed by atoms with Crippen LogP contribution >= 0.6 is 11.5 Å². The maximum Gasteiger partial charge on any atom is 0.202 e. The maximum atomic E-state index is 4.22. The fourth-order valence-corrected chi connectivity index (χ4v) is 1.62. The molecule has 2 aromatic heterocycles. The summed E-state index contributed by atoms with van der Waals surface area (Å²) in [7, 11) is 1.99. The van der Waals surface area contributed by atoms with Gasteiger partial charge in [-0.25, -0.2) is 9.97 Å². The Hall–Kier alpha value is -1.43. The lowest BCUT2D eigenvalue weighted by Gasteiger charge is -2.02. The molecule has 0 saturated heterocycles. The van der Waals surface area contributed by atoms with Crippen LogP contribution < -0.4 is 5.32 Å². The van der Waals surface area contributed by atoms with Crippen molar-refractivity contribution in [1.82, 2.24) is 18.9 Å². The second-order valence-electron chi connectivity index (χ2n) is 2.88. The van der Waals surface area contributed by atoms with Gasteiger partial charge in [0.1, 0.15) is 12.2 Å². The van der Waals surface area contributed by atoms with Gasteiger partial charge in [-0.15, -0.1) is 0 Å². The molecule has 0 aliphatic rings. The molecule has 0 amide bonds. The van der Waals surface area contributed by atoms with Gasteiger partial charge in [-0.2, -0.15) is 4.37 Å². The molecule has 5 nitrogen and oxygen atoms in total. The van der Waals surface area contributed by atoms with E-state index in [1.807, 2.05) is 17.8 Å². The molecule has 0 atom stereocenters. The number of rotatable bonds is 4. The first-order chi connectivity index (χ1) is 6.86. The zero-order valence-electron chi connectivity index (χ0n) is 7.84. The van der Waals surface area contributed by atoms with Gasteiger partial charge in [0.05, 0.1) is 0 Å². The summed E-state index contributed by atoms with van der Waals surface area (Å²) in [4.78, 5) is 8.25. The van der Waals surface area contributed by atoms with E-state index in [9.17, 15) is 0 Å². The molecule has 2 heterocycles. The standard InChI is InChI=1S/C8H11N5S/c1-13-5-4-9-7(13)2-3-10-8-11-6-12-14-8/h4-6H,2-3H2,1H3,(H,10,11,12). The number of imidazole rings is 1. The number of aromatic nitrogens is 4. The number of nitrogens with one attached hydrogen (secondary N) is 1. The Labute approximate surface area is 86.0 Å². The van der Waals surface area contributed by atoms with E-state index in [0.29, 0.717) is 0 Å². The van der Waals surface area contributed by atoms with Crippen LogP contribution in [0.25, 0.3) is 0 Å². The molecule has 0 unspecified atom stereocenters. The van der Waals surface area contributed by atoms with Gasteiger partial charge in [-0.05, 0) is 0 Å². The molecule has 0 fully saturated rings. The van der Waals surface area contributed by atoms with E-state index in [2.05, 4.69) is 19.7 Å². The van der Waals surface area contributed by atoms with Crippen molar-refractivity contribution in [3.05, 3.63) is 24.5 Å². The van der Waals surface area contributed by atoms with Crippen LogP contribution in [0.3, 0.4) is 0 Å². The summed E-state index contributed by atoms with van der Waals surface area (Å²) in [6, 6.07) is 0. The summed E-state index contributed by atoms with van der Waals surface area (Å²) in [6.07, 6.45) is 6.19. The smallest absolute Gasteiger partial charge is 0.202 e. The summed E-state index contributed by atoms with van der Waals surface area (Å²) < 4.78 is 5.92. The van der Waals surface area contributed by atoms with Gasteiger partial charge in [0.2, 0.25) is 5.13 Å². The van der Waals surface area contributed by atoms with Gasteiger partial charge < -0.3 is 9.88 Å². The monoisotopic (exact) mass is 209 g/mol. The fourth-order valence-electron chi connectivity index (χ4n) is 1.17. The minimum atomic E-state index is 0.833. The average molecular weight is 209 g/mol. The van der Waals surface area contributed by atoms with Crippen LogP contribution in [-0.4, -0.2) is 25.5 Å². The highest BCUT2D eigenvalue weighted by molar-refractivity contribution is 7.09. The summed E-state index contributed by atoms with van der Waals surface area (Å²) in [5.74, 6) is 1.07. The molecule has 2 rings (SSSR count). The highest BCUT2D eigenvalue weighted by Gasteiger charge is 1.99. The van der Waals surface area contributed by atoms with Crippen molar-refractivity contribution >= 4 is 16.7 Å². The quantitative estimate of drug-likeness (QED) is 0.813. The highest BCUT2D eigenvalue weighted by Crippen LogP contribution is 2.06. The second kappa shape index (κ2) is 4.19. The zero-order chi connectivity index (χ0) is 9.80. The van der Waals surface area contributed by atoms with Crippen LogP contribution in [0, 0.1) is 0 Å². The number of aryl methyl sites for hydroxylation is 1. The Balaban J connectivity index is 1.81. The molecular formula is C8H11N5S. The number of hydrogen-bond acceptors (Lipinski definition) is 5. The fraction of sp³-hybridized carbons (Fsp3) is 0.375. The number of anilines is 1. The third-order valence-electron chi connectivity index (χ3n) is 1.91. The third-order valence-corrected chi connectivity index (χ3v) is 2.53. The molecular weight excluding hydrogens is 198 g/mol. The van der Waals surface area contributed by atoms with Crippen molar-refractivity contribution < 1.29 is 0 Å². The van der Waals surface area contributed by atoms with Crippen molar-refractivity contribution in [2.45, 2.75) is 6.42 Å². The first-order valence-corrected chi connectivity index (χ1v) is 5.10. The number of hydrogen-bond donors (Lipinski definition) is 1. The molecule has 2 aromatic rings. The summed E-state index contributed by atoms with van der Waals surface area (Å²) in [6.45, 7) is 0.833. The van der Waals surface area contributed by atoms with Gasteiger partial charge in [-0.3, -0.25) is 0 Å². The van der Waals surface area contributed by atoms with Crippen molar-refractivity contribution in [1.29, 1.82) is 0 Å². The predicted molar refractivity (Wildman–Crippen MR) is 55.3 cm³/mol. The van der Waals surface area contributed by atoms with E-state index < -0.39 is 0 Å². The molecule has 0 saturated carbocycles. The molecule has 6 heteroatoms. The Morgan fingerprint density at radius 2 is 2.43 bits per heavy atom. The number of nitrogens with zero attached hydrogens (tertiary/aromatic N) is 4. The molecule has 0 spiro atoms. The summed E-state index contributed by atoms with van der Waals surface area (Å²) >= 11 is 1.36. The Morgan fingerprint density at radius 1 is 1.50 bits per heavy atom. The predicted octanol–water partition coefficient (Wildman–Crippen LogP) is 0.926. The van der Waals surface area contributed by atoms with Crippen LogP contribution in [0.5, 0.6) is 0 Å². The summed E-state index contributed by atoms with van der Waals surface area (Å²) in [5, 5.41) is 4.04. The lowest BCUT2D eigenvalue weighted by Crippen LogP contribution is -2.08. The SMILES string of the molecule is Cn1ccnc1CCNc1ncns1. The van der Waals surface area contributed by atoms with E-state index in [1.54, 1.807) is 12.5 Å². The van der Waals surface area contributed by atoms with Crippen LogP contribution in [0.1, 0.15) is 5.82 Å². The topological polar surface area (TPSA) is 55.6 Å². The molecule has 1 N–H and O–H groups in total. The van der Waals surface area contributed by atoms with Crippen molar-refractivity contribution in [2.75, 3.05) is 11.9 Å². The third kappa shape index (κ3) is 2.08. The lowest BCUT2D eigenvalue weighted by molar-refractivity contribution is 0.789. The Kier molecular flexibility index (Phi) is 2.73. The molecule has 0 aromatic carbocycles. The average Bonchev–Trinajstić information content (AvgIpc) is 2.78. The maximum absolute atomic E-state index is 4.22. The van der Waals surface area contributed by atoms with Gasteiger partial charge in [0.25, 0.3) is 0 Å². The van der Waals surface area contributed by atoms with Gasteiger partial charge in [0.15, 0.2) is 0 Å². The second-order valence-corrected chi connectivity index (χ2v) is 3.66. The normalized spacial score (nSPS) is 10.4. The van der Waals surface area contributed by atoms with Crippen molar-refractivity contribution in [2.24, 2.45) is 7.05 Å². The van der Waals surface area contributed by atoms with Gasteiger partial charge in [0, 0.05) is 43.9 Å². The van der Waals surface area contributed by atoms with Crippen molar-refractivity contribution in [3.8, 4) is 0 Å². The summed E-state index contributed by atoms with van der Waals surface area (Å²) in [5.41, 5.74) is 0. The first kappa shape index (κ1) is 9.14. The van der Waals surface area contributed by atoms with E-state index in [0.717, 1.165) is 23.9 Å². The zero-order valence-corrected chi connectivity index (χ0v) is 8.66. The van der Waals surface area contributed by atoms with Gasteiger partial charge >= 0.3 is 0 Å². The molecule has 14 heavy (non-hydrogen) atoms.